The van der Waals surface area contributed by atoms with E-state index in [-0.39, 0.29) is 0 Å². The molecule has 0 radical (unpaired) electrons. The molecule has 1 amide bonds. The quantitative estimate of drug-likeness (QED) is 0.861. The highest BCUT2D eigenvalue weighted by atomic mass is 35.5. The minimum atomic E-state index is -1.40. The van der Waals surface area contributed by atoms with Crippen molar-refractivity contribution in [2.75, 3.05) is 24.8 Å². The Balaban J connectivity index is 2.23. The average Bonchev–Trinajstić information content (AvgIpc) is 2.42. The summed E-state index contributed by atoms with van der Waals surface area (Å²) in [5, 5.41) is 1.47. The van der Waals surface area contributed by atoms with Crippen LogP contribution in [0.5, 0.6) is 5.75 Å². The van der Waals surface area contributed by atoms with Crippen molar-refractivity contribution in [2.24, 2.45) is 0 Å². The fraction of sp³-hybridized carbons (Fsp3) is 0.462. The largest absolute Gasteiger partial charge is 0.495 e. The lowest BCUT2D eigenvalue weighted by Gasteiger charge is -2.41. The van der Waals surface area contributed by atoms with Gasteiger partial charge >= 0.3 is 0 Å². The molecule has 20 heavy (non-hydrogen) atoms. The number of hydrogen-bond acceptors (Lipinski definition) is 4. The maximum absolute atomic E-state index is 12.5. The van der Waals surface area contributed by atoms with Gasteiger partial charge in [0.15, 0.2) is 5.06 Å². The summed E-state index contributed by atoms with van der Waals surface area (Å²) in [6.45, 7) is 2.05. The van der Waals surface area contributed by atoms with Gasteiger partial charge in [0.05, 0.1) is 19.4 Å². The summed E-state index contributed by atoms with van der Waals surface area (Å²) in [5.41, 5.74) is 0.540. The predicted molar refractivity (Wildman–Crippen MR) is 82.9 cm³/mol. The van der Waals surface area contributed by atoms with Crippen molar-refractivity contribution in [1.82, 2.24) is 0 Å². The Labute approximate surface area is 132 Å². The third-order valence-electron chi connectivity index (χ3n) is 2.98. The van der Waals surface area contributed by atoms with Crippen LogP contribution in [0, 0.1) is 0 Å². The first-order valence-electron chi connectivity index (χ1n) is 6.01. The van der Waals surface area contributed by atoms with Crippen LogP contribution in [0.15, 0.2) is 24.3 Å². The number of carbonyl (C=O) groups is 1. The molecule has 0 aromatic heterocycles. The van der Waals surface area contributed by atoms with E-state index in [1.165, 1.54) is 18.9 Å². The van der Waals surface area contributed by atoms with Crippen LogP contribution < -0.4 is 10.1 Å². The highest BCUT2D eigenvalue weighted by Crippen LogP contribution is 2.48. The summed E-state index contributed by atoms with van der Waals surface area (Å²) in [6.07, 6.45) is 0. The maximum Gasteiger partial charge on any atom is 0.260 e. The number of nitrogens with one attached hydrogen (secondary N) is 1. The molecule has 1 aliphatic heterocycles. The zero-order chi connectivity index (χ0) is 14.8. The van der Waals surface area contributed by atoms with Crippen molar-refractivity contribution in [3.63, 3.8) is 0 Å². The number of benzene rings is 1. The van der Waals surface area contributed by atoms with E-state index in [1.54, 1.807) is 25.1 Å². The van der Waals surface area contributed by atoms with Crippen LogP contribution in [0.25, 0.3) is 0 Å². The van der Waals surface area contributed by atoms with Crippen molar-refractivity contribution in [3.05, 3.63) is 24.3 Å². The second-order valence-electron chi connectivity index (χ2n) is 4.36. The second kappa shape index (κ2) is 6.02. The summed E-state index contributed by atoms with van der Waals surface area (Å²) in [6, 6.07) is 7.09. The van der Waals surface area contributed by atoms with E-state index in [9.17, 15) is 4.79 Å². The SMILES string of the molecule is COc1ccccc1NC(=O)[C@@]1(Cl)SCCO[C@@]1(C)Cl. The third kappa shape index (κ3) is 2.86. The van der Waals surface area contributed by atoms with Crippen LogP contribution >= 0.6 is 35.0 Å². The molecular weight excluding hydrogens is 321 g/mol. The molecule has 4 nitrogen and oxygen atoms in total. The second-order valence-corrected chi connectivity index (χ2v) is 7.19. The number of rotatable bonds is 3. The van der Waals surface area contributed by atoms with E-state index in [1.807, 2.05) is 6.07 Å². The number of para-hydroxylation sites is 2. The average molecular weight is 336 g/mol. The van der Waals surface area contributed by atoms with Gasteiger partial charge in [0.25, 0.3) is 5.91 Å². The van der Waals surface area contributed by atoms with E-state index in [2.05, 4.69) is 5.32 Å². The molecule has 110 valence electrons. The Hall–Kier alpha value is -0.620. The van der Waals surface area contributed by atoms with E-state index >= 15 is 0 Å². The van der Waals surface area contributed by atoms with Gasteiger partial charge in [-0.15, -0.1) is 11.8 Å². The Morgan fingerprint density at radius 3 is 2.80 bits per heavy atom. The molecule has 1 N–H and O–H groups in total. The number of methoxy groups -OCH3 is 1. The lowest BCUT2D eigenvalue weighted by atomic mass is 10.2. The molecule has 7 heteroatoms. The molecule has 0 unspecified atom stereocenters. The Morgan fingerprint density at radius 1 is 1.45 bits per heavy atom. The van der Waals surface area contributed by atoms with Crippen LogP contribution in [0.2, 0.25) is 0 Å². The smallest absolute Gasteiger partial charge is 0.260 e. The van der Waals surface area contributed by atoms with Crippen LogP contribution in [0.4, 0.5) is 5.69 Å². The minimum Gasteiger partial charge on any atom is -0.495 e. The fourth-order valence-electron chi connectivity index (χ4n) is 1.86. The molecular formula is C13H15Cl2NO3S. The number of hydrogen-bond donors (Lipinski definition) is 1. The molecule has 0 saturated carbocycles. The number of thioether (sulfide) groups is 1. The standard InChI is InChI=1S/C13H15Cl2NO3S/c1-12(14)13(15,20-8-7-19-12)11(17)16-9-5-3-4-6-10(9)18-2/h3-6H,7-8H2,1-2H3,(H,16,17)/t12-,13-/m1/s1. The van der Waals surface area contributed by atoms with Crippen LogP contribution in [0.3, 0.4) is 0 Å². The number of anilines is 1. The van der Waals surface area contributed by atoms with Gasteiger partial charge in [0.1, 0.15) is 5.75 Å². The van der Waals surface area contributed by atoms with Crippen molar-refractivity contribution in [1.29, 1.82) is 0 Å². The van der Waals surface area contributed by atoms with Crippen LogP contribution in [-0.2, 0) is 9.53 Å². The summed E-state index contributed by atoms with van der Waals surface area (Å²) < 4.78 is 9.21. The molecule has 0 aliphatic carbocycles. The number of halogens is 2. The van der Waals surface area contributed by atoms with E-state index in [0.717, 1.165) is 0 Å². The zero-order valence-corrected chi connectivity index (χ0v) is 13.4. The molecule has 1 aromatic rings. The van der Waals surface area contributed by atoms with Gasteiger partial charge < -0.3 is 14.8 Å². The van der Waals surface area contributed by atoms with Crippen molar-refractivity contribution in [2.45, 2.75) is 16.2 Å². The first-order chi connectivity index (χ1) is 9.40. The fourth-order valence-corrected chi connectivity index (χ4v) is 3.46. The number of carbonyl (C=O) groups excluding carboxylic acids is 1. The number of ether oxygens (including phenoxy) is 2. The van der Waals surface area contributed by atoms with Gasteiger partial charge in [-0.2, -0.15) is 0 Å². The highest BCUT2D eigenvalue weighted by molar-refractivity contribution is 8.03. The van der Waals surface area contributed by atoms with Gasteiger partial charge in [-0.3, -0.25) is 4.79 Å². The van der Waals surface area contributed by atoms with Gasteiger partial charge in [-0.05, 0) is 19.1 Å². The van der Waals surface area contributed by atoms with Crippen molar-refractivity contribution < 1.29 is 14.3 Å². The van der Waals surface area contributed by atoms with Gasteiger partial charge in [0.2, 0.25) is 4.21 Å². The first kappa shape index (κ1) is 15.8. The molecule has 0 spiro atoms. The summed E-state index contributed by atoms with van der Waals surface area (Å²) >= 11 is 13.9. The first-order valence-corrected chi connectivity index (χ1v) is 7.75. The Kier molecular flexibility index (Phi) is 4.74. The molecule has 1 heterocycles. The van der Waals surface area contributed by atoms with Gasteiger partial charge in [-0.1, -0.05) is 35.3 Å². The zero-order valence-electron chi connectivity index (χ0n) is 11.1. The van der Waals surface area contributed by atoms with Crippen LogP contribution in [0.1, 0.15) is 6.92 Å². The molecule has 1 fully saturated rings. The van der Waals surface area contributed by atoms with E-state index in [4.69, 9.17) is 32.7 Å². The third-order valence-corrected chi connectivity index (χ3v) is 5.78. The number of amides is 1. The molecule has 2 atom stereocenters. The van der Waals surface area contributed by atoms with Crippen molar-refractivity contribution in [3.8, 4) is 5.75 Å². The predicted octanol–water partition coefficient (Wildman–Crippen LogP) is 3.29. The highest BCUT2D eigenvalue weighted by Gasteiger charge is 2.55. The van der Waals surface area contributed by atoms with E-state index < -0.39 is 15.2 Å². The summed E-state index contributed by atoms with van der Waals surface area (Å²) in [5.74, 6) is 0.732. The minimum absolute atomic E-state index is 0.425. The Morgan fingerprint density at radius 2 is 2.15 bits per heavy atom. The number of alkyl halides is 2. The summed E-state index contributed by atoms with van der Waals surface area (Å²) in [7, 11) is 1.53. The van der Waals surface area contributed by atoms with Crippen molar-refractivity contribution >= 4 is 46.6 Å². The lowest BCUT2D eigenvalue weighted by molar-refractivity contribution is -0.120. The lowest BCUT2D eigenvalue weighted by Crippen LogP contribution is -2.54. The molecule has 2 rings (SSSR count). The molecule has 0 bridgehead atoms. The molecule has 1 saturated heterocycles. The van der Waals surface area contributed by atoms with Crippen LogP contribution in [-0.4, -0.2) is 34.6 Å². The van der Waals surface area contributed by atoms with Gasteiger partial charge in [0, 0.05) is 5.75 Å². The normalized spacial score (nSPS) is 29.8. The monoisotopic (exact) mass is 335 g/mol. The summed E-state index contributed by atoms with van der Waals surface area (Å²) in [4.78, 5) is 12.5. The molecule has 1 aromatic carbocycles. The van der Waals surface area contributed by atoms with E-state index in [0.29, 0.717) is 23.8 Å². The van der Waals surface area contributed by atoms with Gasteiger partial charge in [-0.25, -0.2) is 0 Å². The molecule has 1 aliphatic rings. The topological polar surface area (TPSA) is 47.6 Å². The Bertz CT molecular complexity index is 512. The maximum atomic E-state index is 12.5.